The summed E-state index contributed by atoms with van der Waals surface area (Å²) in [5, 5.41) is 3.06. The first-order valence-corrected chi connectivity index (χ1v) is 7.67. The van der Waals surface area contributed by atoms with Crippen molar-refractivity contribution in [3.8, 4) is 0 Å². The number of amides is 1. The van der Waals surface area contributed by atoms with Crippen LogP contribution >= 0.6 is 11.6 Å². The van der Waals surface area contributed by atoms with Crippen molar-refractivity contribution in [1.82, 2.24) is 5.32 Å². The van der Waals surface area contributed by atoms with Crippen LogP contribution in [0.3, 0.4) is 0 Å². The number of carbonyl (C=O) groups excluding carboxylic acids is 1. The van der Waals surface area contributed by atoms with Gasteiger partial charge in [0.2, 0.25) is 0 Å². The van der Waals surface area contributed by atoms with E-state index in [1.54, 1.807) is 0 Å². The number of rotatable bonds is 2. The van der Waals surface area contributed by atoms with Gasteiger partial charge in [0.15, 0.2) is 0 Å². The molecule has 0 unspecified atom stereocenters. The van der Waals surface area contributed by atoms with Crippen LogP contribution in [0.1, 0.15) is 32.1 Å². The molecule has 1 saturated carbocycles. The summed E-state index contributed by atoms with van der Waals surface area (Å²) in [6.07, 6.45) is 6.23. The van der Waals surface area contributed by atoms with Gasteiger partial charge in [-0.15, -0.1) is 0 Å². The monoisotopic (exact) mass is 376 g/mol. The van der Waals surface area contributed by atoms with Crippen molar-refractivity contribution in [3.05, 3.63) is 0 Å². The van der Waals surface area contributed by atoms with Crippen LogP contribution < -0.4 is 5.32 Å². The first-order valence-electron chi connectivity index (χ1n) is 4.39. The quantitative estimate of drug-likeness (QED) is 0.576. The van der Waals surface area contributed by atoms with E-state index in [1.165, 1.54) is 32.1 Å². The predicted molar refractivity (Wildman–Crippen MR) is 44.7 cm³/mol. The van der Waals surface area contributed by atoms with Crippen molar-refractivity contribution >= 4 is 17.5 Å². The maximum atomic E-state index is 11.1. The molecule has 1 amide bonds. The molecule has 0 bridgehead atoms. The number of halogens is 1. The molecular formula is C8H13ClHgNO. The van der Waals surface area contributed by atoms with E-state index in [1.807, 2.05) is 0 Å². The van der Waals surface area contributed by atoms with Crippen molar-refractivity contribution in [2.75, 3.05) is 5.88 Å². The number of alkyl halides is 1. The molecule has 0 aromatic rings. The molecule has 0 aliphatic heterocycles. The van der Waals surface area contributed by atoms with Crippen LogP contribution in [-0.4, -0.2) is 14.8 Å². The molecule has 0 spiro atoms. The van der Waals surface area contributed by atoms with Crippen molar-refractivity contribution in [3.63, 3.8) is 0 Å². The molecule has 0 saturated heterocycles. The van der Waals surface area contributed by atoms with Crippen molar-refractivity contribution in [2.24, 2.45) is 0 Å². The Morgan fingerprint density at radius 1 is 1.42 bits per heavy atom. The van der Waals surface area contributed by atoms with E-state index in [2.05, 4.69) is 5.32 Å². The topological polar surface area (TPSA) is 29.1 Å². The van der Waals surface area contributed by atoms with Gasteiger partial charge < -0.3 is 0 Å². The van der Waals surface area contributed by atoms with Gasteiger partial charge >= 0.3 is 94.8 Å². The predicted octanol–water partition coefficient (Wildman–Crippen LogP) is 1.55. The molecule has 0 aromatic heterocycles. The second-order valence-corrected chi connectivity index (χ2v) is 9.05. The first kappa shape index (κ1) is 10.8. The molecular weight excluding hydrogens is 362 g/mol. The van der Waals surface area contributed by atoms with Gasteiger partial charge in [-0.25, -0.2) is 0 Å². The van der Waals surface area contributed by atoms with Gasteiger partial charge in [0.05, 0.1) is 0 Å². The standard InChI is InChI=1S/C8H13ClNO.Hg/c9-6-8(11)10-7-4-2-1-3-5-7;/h1-6H2,(H,10,11);. The first-order chi connectivity index (χ1) is 5.66. The molecule has 1 aliphatic rings. The van der Waals surface area contributed by atoms with E-state index in [9.17, 15) is 4.79 Å². The molecule has 4 heteroatoms. The Kier molecular flexibility index (Phi) is 4.31. The van der Waals surface area contributed by atoms with Crippen LogP contribution in [-0.2, 0) is 30.9 Å². The van der Waals surface area contributed by atoms with E-state index in [0.29, 0.717) is 26.1 Å². The Bertz CT molecular complexity index is 168. The Morgan fingerprint density at radius 3 is 2.50 bits per heavy atom. The minimum absolute atomic E-state index is 0.00793. The zero-order chi connectivity index (χ0) is 9.03. The summed E-state index contributed by atoms with van der Waals surface area (Å²) in [5.74, 6) is 0.118. The van der Waals surface area contributed by atoms with Crippen molar-refractivity contribution < 1.29 is 30.9 Å². The average Bonchev–Trinajstić information content (AvgIpc) is 2.05. The van der Waals surface area contributed by atoms with Gasteiger partial charge in [-0.05, 0) is 0 Å². The van der Waals surface area contributed by atoms with Gasteiger partial charge in [0.1, 0.15) is 0 Å². The van der Waals surface area contributed by atoms with Crippen LogP contribution in [0, 0.1) is 0 Å². The summed E-state index contributed by atoms with van der Waals surface area (Å²) in [6, 6.07) is 0. The zero-order valence-corrected chi connectivity index (χ0v) is 13.5. The SMILES string of the molecule is O=C(CCl)N[C]1([Hg])CCCCC1. The molecule has 2 nitrogen and oxygen atoms in total. The average molecular weight is 375 g/mol. The molecule has 1 N–H and O–H groups in total. The van der Waals surface area contributed by atoms with E-state index >= 15 is 0 Å². The van der Waals surface area contributed by atoms with Crippen LogP contribution in [0.15, 0.2) is 0 Å². The Labute approximate surface area is 94.4 Å². The van der Waals surface area contributed by atoms with Crippen LogP contribution in [0.5, 0.6) is 0 Å². The summed E-state index contributed by atoms with van der Waals surface area (Å²) >= 11 is 6.06. The van der Waals surface area contributed by atoms with E-state index in [4.69, 9.17) is 11.6 Å². The van der Waals surface area contributed by atoms with E-state index < -0.39 is 0 Å². The number of hydrogen-bond donors (Lipinski definition) is 1. The molecule has 65 valence electrons. The van der Waals surface area contributed by atoms with E-state index in [0.717, 1.165) is 0 Å². The Hall–Kier alpha value is 0.695. The summed E-state index contributed by atoms with van der Waals surface area (Å²) in [7, 11) is 0. The molecule has 1 aliphatic carbocycles. The fourth-order valence-corrected chi connectivity index (χ4v) is 4.46. The van der Waals surface area contributed by atoms with Crippen molar-refractivity contribution in [2.45, 2.75) is 35.2 Å². The fraction of sp³-hybridized carbons (Fsp3) is 0.875. The van der Waals surface area contributed by atoms with Crippen LogP contribution in [0.2, 0.25) is 0 Å². The zero-order valence-electron chi connectivity index (χ0n) is 7.24. The van der Waals surface area contributed by atoms with Gasteiger partial charge in [-0.3, -0.25) is 0 Å². The summed E-state index contributed by atoms with van der Waals surface area (Å²) in [4.78, 5) is 11.1. The molecule has 1 fully saturated rings. The Morgan fingerprint density at radius 2 is 2.00 bits per heavy atom. The summed E-state index contributed by atoms with van der Waals surface area (Å²) in [6.45, 7) is 0. The number of carbonyl (C=O) groups is 1. The normalized spacial score (nSPS) is 21.9. The third-order valence-electron chi connectivity index (χ3n) is 2.34. The molecule has 0 aromatic carbocycles. The third-order valence-corrected chi connectivity index (χ3v) is 6.02. The van der Waals surface area contributed by atoms with Crippen molar-refractivity contribution in [1.29, 1.82) is 0 Å². The maximum absolute atomic E-state index is 11.1. The molecule has 1 rings (SSSR count). The van der Waals surface area contributed by atoms with Gasteiger partial charge in [-0.1, -0.05) is 0 Å². The second kappa shape index (κ2) is 4.80. The minimum atomic E-state index is 0.00793. The fourth-order valence-electron chi connectivity index (χ4n) is 1.68. The molecule has 0 atom stereocenters. The van der Waals surface area contributed by atoms with Crippen LogP contribution in [0.25, 0.3) is 0 Å². The molecule has 0 heterocycles. The van der Waals surface area contributed by atoms with Gasteiger partial charge in [-0.2, -0.15) is 0 Å². The molecule has 0 radical (unpaired) electrons. The molecule has 12 heavy (non-hydrogen) atoms. The Balaban J connectivity index is 2.41. The summed E-state index contributed by atoms with van der Waals surface area (Å²) < 4.78 is 0.213. The number of nitrogens with one attached hydrogen (secondary N) is 1. The summed E-state index contributed by atoms with van der Waals surface area (Å²) in [5.41, 5.74) is 0. The van der Waals surface area contributed by atoms with E-state index in [-0.39, 0.29) is 14.8 Å². The van der Waals surface area contributed by atoms with Gasteiger partial charge in [0.25, 0.3) is 0 Å². The van der Waals surface area contributed by atoms with Gasteiger partial charge in [0, 0.05) is 0 Å². The number of hydrogen-bond acceptors (Lipinski definition) is 1. The van der Waals surface area contributed by atoms with Crippen LogP contribution in [0.4, 0.5) is 0 Å². The second-order valence-electron chi connectivity index (χ2n) is 3.52. The third kappa shape index (κ3) is 3.21.